The van der Waals surface area contributed by atoms with Gasteiger partial charge in [0.1, 0.15) is 0 Å². The summed E-state index contributed by atoms with van der Waals surface area (Å²) in [5.41, 5.74) is 0.667. The largest absolute Gasteiger partial charge is 0.339 e. The zero-order valence-electron chi connectivity index (χ0n) is 7.36. The molecule has 13 heavy (non-hydrogen) atoms. The fourth-order valence-electron chi connectivity index (χ4n) is 1.55. The van der Waals surface area contributed by atoms with E-state index in [1.165, 1.54) is 0 Å². The maximum atomic E-state index is 11.7. The van der Waals surface area contributed by atoms with E-state index in [4.69, 9.17) is 0 Å². The van der Waals surface area contributed by atoms with Crippen molar-refractivity contribution >= 4 is 5.91 Å². The van der Waals surface area contributed by atoms with Crippen molar-refractivity contribution in [2.75, 3.05) is 13.1 Å². The molecular formula is C10H11N2O. The summed E-state index contributed by atoms with van der Waals surface area (Å²) in [6, 6.07) is 3.43. The molecule has 0 atom stereocenters. The highest BCUT2D eigenvalue weighted by molar-refractivity contribution is 5.93. The minimum atomic E-state index is 0.0963. The lowest BCUT2D eigenvalue weighted by Gasteiger charge is -2.14. The van der Waals surface area contributed by atoms with Crippen molar-refractivity contribution in [3.63, 3.8) is 0 Å². The highest BCUT2D eigenvalue weighted by Gasteiger charge is 2.18. The number of carbonyl (C=O) groups excluding carboxylic acids is 1. The standard InChI is InChI=1S/C10H11N2O/c13-10(12-6-1-2-7-12)9-4-3-5-11-8-9/h3-4,8H,1-2,6-7H2. The van der Waals surface area contributed by atoms with Crippen LogP contribution in [0.4, 0.5) is 0 Å². The van der Waals surface area contributed by atoms with Crippen LogP contribution in [0, 0.1) is 6.20 Å². The molecule has 1 aliphatic rings. The number of carbonyl (C=O) groups is 1. The molecule has 1 amide bonds. The Bertz CT molecular complexity index is 291. The number of hydrogen-bond donors (Lipinski definition) is 0. The Labute approximate surface area is 77.4 Å². The first-order chi connectivity index (χ1) is 6.38. The van der Waals surface area contributed by atoms with Crippen LogP contribution in [0.15, 0.2) is 18.3 Å². The molecule has 1 aliphatic heterocycles. The summed E-state index contributed by atoms with van der Waals surface area (Å²) in [6.07, 6.45) is 6.47. The van der Waals surface area contributed by atoms with E-state index in [2.05, 4.69) is 11.2 Å². The third-order valence-corrected chi connectivity index (χ3v) is 2.26. The Morgan fingerprint density at radius 3 is 2.85 bits per heavy atom. The fraction of sp³-hybridized carbons (Fsp3) is 0.400. The summed E-state index contributed by atoms with van der Waals surface area (Å²) in [5.74, 6) is 0.0963. The van der Waals surface area contributed by atoms with Crippen LogP contribution in [0.2, 0.25) is 0 Å². The quantitative estimate of drug-likeness (QED) is 0.640. The van der Waals surface area contributed by atoms with Gasteiger partial charge in [0, 0.05) is 19.3 Å². The first kappa shape index (κ1) is 8.23. The Morgan fingerprint density at radius 2 is 2.23 bits per heavy atom. The van der Waals surface area contributed by atoms with Gasteiger partial charge in [-0.3, -0.25) is 9.78 Å². The molecule has 0 unspecified atom stereocenters. The van der Waals surface area contributed by atoms with Crippen LogP contribution in [-0.4, -0.2) is 28.9 Å². The predicted molar refractivity (Wildman–Crippen MR) is 48.2 cm³/mol. The summed E-state index contributed by atoms with van der Waals surface area (Å²) in [5, 5.41) is 0. The van der Waals surface area contributed by atoms with E-state index >= 15 is 0 Å². The van der Waals surface area contributed by atoms with E-state index in [1.54, 1.807) is 18.3 Å². The lowest BCUT2D eigenvalue weighted by molar-refractivity contribution is 0.0792. The first-order valence-electron chi connectivity index (χ1n) is 4.49. The van der Waals surface area contributed by atoms with Crippen LogP contribution >= 0.6 is 0 Å². The zero-order chi connectivity index (χ0) is 9.10. The van der Waals surface area contributed by atoms with Gasteiger partial charge < -0.3 is 4.90 Å². The van der Waals surface area contributed by atoms with Gasteiger partial charge in [-0.15, -0.1) is 0 Å². The molecule has 67 valence electrons. The number of nitrogens with zero attached hydrogens (tertiary/aromatic N) is 2. The van der Waals surface area contributed by atoms with Crippen molar-refractivity contribution < 1.29 is 4.79 Å². The average molecular weight is 175 g/mol. The summed E-state index contributed by atoms with van der Waals surface area (Å²) >= 11 is 0. The second-order valence-corrected chi connectivity index (χ2v) is 3.18. The van der Waals surface area contributed by atoms with Gasteiger partial charge in [-0.1, -0.05) is 0 Å². The maximum Gasteiger partial charge on any atom is 0.255 e. The molecule has 3 nitrogen and oxygen atoms in total. The van der Waals surface area contributed by atoms with Crippen LogP contribution in [-0.2, 0) is 0 Å². The van der Waals surface area contributed by atoms with Gasteiger partial charge >= 0.3 is 0 Å². The van der Waals surface area contributed by atoms with Crippen LogP contribution in [0.5, 0.6) is 0 Å². The van der Waals surface area contributed by atoms with Gasteiger partial charge in [-0.05, 0) is 25.0 Å². The molecule has 0 N–H and O–H groups in total. The van der Waals surface area contributed by atoms with Gasteiger partial charge in [0.05, 0.1) is 11.8 Å². The van der Waals surface area contributed by atoms with Crippen LogP contribution < -0.4 is 0 Å². The smallest absolute Gasteiger partial charge is 0.255 e. The second kappa shape index (κ2) is 3.56. The third-order valence-electron chi connectivity index (χ3n) is 2.26. The molecule has 0 aromatic carbocycles. The molecule has 1 saturated heterocycles. The highest BCUT2D eigenvalue weighted by Crippen LogP contribution is 2.11. The Morgan fingerprint density at radius 1 is 1.46 bits per heavy atom. The molecular weight excluding hydrogens is 164 g/mol. The molecule has 1 fully saturated rings. The van der Waals surface area contributed by atoms with E-state index in [1.807, 2.05) is 4.90 Å². The maximum absolute atomic E-state index is 11.7. The third kappa shape index (κ3) is 1.69. The molecule has 0 saturated carbocycles. The van der Waals surface area contributed by atoms with Crippen LogP contribution in [0.25, 0.3) is 0 Å². The number of hydrogen-bond acceptors (Lipinski definition) is 2. The van der Waals surface area contributed by atoms with Crippen LogP contribution in [0.1, 0.15) is 23.2 Å². The molecule has 3 heteroatoms. The van der Waals surface area contributed by atoms with Gasteiger partial charge in [0.15, 0.2) is 0 Å². The van der Waals surface area contributed by atoms with Crippen molar-refractivity contribution in [3.05, 3.63) is 30.1 Å². The van der Waals surface area contributed by atoms with Gasteiger partial charge in [-0.25, -0.2) is 0 Å². The summed E-state index contributed by atoms with van der Waals surface area (Å²) < 4.78 is 0. The van der Waals surface area contributed by atoms with E-state index < -0.39 is 0 Å². The zero-order valence-corrected chi connectivity index (χ0v) is 7.36. The van der Waals surface area contributed by atoms with Gasteiger partial charge in [0.2, 0.25) is 0 Å². The molecule has 2 rings (SSSR count). The van der Waals surface area contributed by atoms with Crippen molar-refractivity contribution in [2.45, 2.75) is 12.8 Å². The second-order valence-electron chi connectivity index (χ2n) is 3.18. The number of aromatic nitrogens is 1. The topological polar surface area (TPSA) is 33.2 Å². The Kier molecular flexibility index (Phi) is 2.25. The first-order valence-corrected chi connectivity index (χ1v) is 4.49. The number of amides is 1. The average Bonchev–Trinajstić information content (AvgIpc) is 2.71. The van der Waals surface area contributed by atoms with Gasteiger partial charge in [-0.2, -0.15) is 0 Å². The minimum Gasteiger partial charge on any atom is -0.339 e. The lowest BCUT2D eigenvalue weighted by Crippen LogP contribution is -2.27. The predicted octanol–water partition coefficient (Wildman–Crippen LogP) is 1.12. The molecule has 1 radical (unpaired) electrons. The van der Waals surface area contributed by atoms with Crippen molar-refractivity contribution in [1.29, 1.82) is 0 Å². The van der Waals surface area contributed by atoms with Crippen molar-refractivity contribution in [2.24, 2.45) is 0 Å². The van der Waals surface area contributed by atoms with E-state index in [0.29, 0.717) is 5.56 Å². The lowest BCUT2D eigenvalue weighted by atomic mass is 10.2. The summed E-state index contributed by atoms with van der Waals surface area (Å²) in [7, 11) is 0. The van der Waals surface area contributed by atoms with Crippen molar-refractivity contribution in [1.82, 2.24) is 9.88 Å². The minimum absolute atomic E-state index is 0.0963. The molecule has 2 heterocycles. The van der Waals surface area contributed by atoms with Crippen molar-refractivity contribution in [3.8, 4) is 0 Å². The molecule has 0 aliphatic carbocycles. The highest BCUT2D eigenvalue weighted by atomic mass is 16.2. The van der Waals surface area contributed by atoms with E-state index in [0.717, 1.165) is 25.9 Å². The molecule has 1 aromatic rings. The molecule has 0 bridgehead atoms. The molecule has 0 spiro atoms. The monoisotopic (exact) mass is 175 g/mol. The van der Waals surface area contributed by atoms with E-state index in [-0.39, 0.29) is 5.91 Å². The fourth-order valence-corrected chi connectivity index (χ4v) is 1.55. The Balaban J connectivity index is 2.13. The summed E-state index contributed by atoms with van der Waals surface area (Å²) in [6.45, 7) is 1.77. The van der Waals surface area contributed by atoms with Crippen LogP contribution in [0.3, 0.4) is 0 Å². The molecule has 1 aromatic heterocycles. The Hall–Kier alpha value is -1.38. The van der Waals surface area contributed by atoms with Gasteiger partial charge in [0.25, 0.3) is 5.91 Å². The normalized spacial score (nSPS) is 16.2. The van der Waals surface area contributed by atoms with E-state index in [9.17, 15) is 4.79 Å². The summed E-state index contributed by atoms with van der Waals surface area (Å²) in [4.78, 5) is 17.4. The number of likely N-dealkylation sites (tertiary alicyclic amines) is 1. The number of pyridine rings is 1. The number of rotatable bonds is 1. The SMILES string of the molecule is O=C(c1cc[c]nc1)N1CCCC1.